The Kier molecular flexibility index (Phi) is 5.80. The number of carbonyl (C=O) groups excluding carboxylic acids is 2. The van der Waals surface area contributed by atoms with E-state index in [2.05, 4.69) is 15.7 Å². The van der Waals surface area contributed by atoms with E-state index in [9.17, 15) is 9.59 Å². The number of aromatic nitrogens is 2. The number of rotatable bonds is 5. The van der Waals surface area contributed by atoms with Gasteiger partial charge in [0, 0.05) is 22.3 Å². The molecule has 7 heteroatoms. The monoisotopic (exact) mass is 396 g/mol. The number of hydrogen-bond donors (Lipinski definition) is 2. The Balaban J connectivity index is 1.74. The van der Waals surface area contributed by atoms with Crippen molar-refractivity contribution in [3.8, 4) is 5.69 Å². The SMILES string of the molecule is Cc1c(C(=O)Nc2ccc(C(=O)NC(C)C)cc2)cnn1-c1cccc(Cl)c1. The fourth-order valence-corrected chi connectivity index (χ4v) is 2.93. The molecule has 1 aromatic heterocycles. The zero-order valence-corrected chi connectivity index (χ0v) is 16.6. The van der Waals surface area contributed by atoms with Gasteiger partial charge >= 0.3 is 0 Å². The average molecular weight is 397 g/mol. The van der Waals surface area contributed by atoms with E-state index in [1.807, 2.05) is 32.9 Å². The lowest BCUT2D eigenvalue weighted by Crippen LogP contribution is -2.30. The van der Waals surface area contributed by atoms with Crippen molar-refractivity contribution in [1.82, 2.24) is 15.1 Å². The highest BCUT2D eigenvalue weighted by molar-refractivity contribution is 6.30. The van der Waals surface area contributed by atoms with Crippen LogP contribution >= 0.6 is 11.6 Å². The highest BCUT2D eigenvalue weighted by atomic mass is 35.5. The minimum Gasteiger partial charge on any atom is -0.350 e. The van der Waals surface area contributed by atoms with Crippen molar-refractivity contribution in [2.45, 2.75) is 26.8 Å². The summed E-state index contributed by atoms with van der Waals surface area (Å²) in [6.45, 7) is 5.62. The lowest BCUT2D eigenvalue weighted by molar-refractivity contribution is 0.0942. The molecule has 0 unspecified atom stereocenters. The van der Waals surface area contributed by atoms with Crippen LogP contribution in [-0.4, -0.2) is 27.6 Å². The van der Waals surface area contributed by atoms with E-state index in [1.54, 1.807) is 41.1 Å². The van der Waals surface area contributed by atoms with Gasteiger partial charge in [-0.2, -0.15) is 5.10 Å². The molecule has 2 aromatic carbocycles. The number of amides is 2. The van der Waals surface area contributed by atoms with Crippen LogP contribution in [0.4, 0.5) is 5.69 Å². The summed E-state index contributed by atoms with van der Waals surface area (Å²) in [6.07, 6.45) is 1.52. The third-order valence-corrected chi connectivity index (χ3v) is 4.37. The predicted molar refractivity (Wildman–Crippen MR) is 110 cm³/mol. The molecule has 0 aliphatic heterocycles. The normalized spacial score (nSPS) is 10.8. The van der Waals surface area contributed by atoms with Gasteiger partial charge in [-0.3, -0.25) is 9.59 Å². The maximum atomic E-state index is 12.6. The van der Waals surface area contributed by atoms with Crippen LogP contribution in [0.25, 0.3) is 5.69 Å². The lowest BCUT2D eigenvalue weighted by Gasteiger charge is -2.09. The summed E-state index contributed by atoms with van der Waals surface area (Å²) < 4.78 is 1.67. The van der Waals surface area contributed by atoms with Gasteiger partial charge in [0.25, 0.3) is 11.8 Å². The van der Waals surface area contributed by atoms with Gasteiger partial charge in [0.05, 0.1) is 23.1 Å². The molecule has 6 nitrogen and oxygen atoms in total. The molecule has 0 spiro atoms. The van der Waals surface area contributed by atoms with Gasteiger partial charge in [-0.1, -0.05) is 17.7 Å². The van der Waals surface area contributed by atoms with Crippen LogP contribution in [0, 0.1) is 6.92 Å². The first-order valence-corrected chi connectivity index (χ1v) is 9.26. The highest BCUT2D eigenvalue weighted by Gasteiger charge is 2.16. The third kappa shape index (κ3) is 4.40. The number of carbonyl (C=O) groups is 2. The van der Waals surface area contributed by atoms with Crippen LogP contribution in [0.2, 0.25) is 5.02 Å². The standard InChI is InChI=1S/C21H21ClN4O2/c1-13(2)24-20(27)15-7-9-17(10-8-15)25-21(28)19-12-23-26(14(19)3)18-6-4-5-16(22)11-18/h4-13H,1-3H3,(H,24,27)(H,25,28). The van der Waals surface area contributed by atoms with Crippen LogP contribution in [0.5, 0.6) is 0 Å². The number of nitrogens with zero attached hydrogens (tertiary/aromatic N) is 2. The molecule has 0 saturated heterocycles. The maximum absolute atomic E-state index is 12.6. The van der Waals surface area contributed by atoms with Gasteiger partial charge in [0.15, 0.2) is 0 Å². The van der Waals surface area contributed by atoms with Gasteiger partial charge in [-0.05, 0) is 63.2 Å². The van der Waals surface area contributed by atoms with Crippen molar-refractivity contribution in [2.24, 2.45) is 0 Å². The van der Waals surface area contributed by atoms with Crippen LogP contribution in [0.1, 0.15) is 40.3 Å². The van der Waals surface area contributed by atoms with Crippen molar-refractivity contribution in [1.29, 1.82) is 0 Å². The van der Waals surface area contributed by atoms with Crippen LogP contribution < -0.4 is 10.6 Å². The van der Waals surface area contributed by atoms with Crippen LogP contribution in [-0.2, 0) is 0 Å². The summed E-state index contributed by atoms with van der Waals surface area (Å²) in [4.78, 5) is 24.6. The molecule has 1 heterocycles. The zero-order valence-electron chi connectivity index (χ0n) is 15.9. The molecule has 2 N–H and O–H groups in total. The number of anilines is 1. The Bertz CT molecular complexity index is 1010. The quantitative estimate of drug-likeness (QED) is 0.677. The molecule has 0 radical (unpaired) electrons. The molecule has 3 aromatic rings. The lowest BCUT2D eigenvalue weighted by atomic mass is 10.1. The minimum atomic E-state index is -0.273. The van der Waals surface area contributed by atoms with Crippen molar-refractivity contribution < 1.29 is 9.59 Å². The van der Waals surface area contributed by atoms with E-state index < -0.39 is 0 Å². The van der Waals surface area contributed by atoms with E-state index in [0.29, 0.717) is 27.5 Å². The van der Waals surface area contributed by atoms with Crippen molar-refractivity contribution in [3.63, 3.8) is 0 Å². The molecule has 0 aliphatic rings. The molecule has 0 bridgehead atoms. The van der Waals surface area contributed by atoms with Crippen molar-refractivity contribution in [2.75, 3.05) is 5.32 Å². The molecule has 0 aliphatic carbocycles. The van der Waals surface area contributed by atoms with E-state index in [0.717, 1.165) is 5.69 Å². The Morgan fingerprint density at radius 3 is 2.43 bits per heavy atom. The highest BCUT2D eigenvalue weighted by Crippen LogP contribution is 2.19. The maximum Gasteiger partial charge on any atom is 0.259 e. The van der Waals surface area contributed by atoms with Gasteiger partial charge in [0.2, 0.25) is 0 Å². The first-order chi connectivity index (χ1) is 13.3. The molecule has 28 heavy (non-hydrogen) atoms. The number of halogens is 1. The second-order valence-corrected chi connectivity index (χ2v) is 7.13. The van der Waals surface area contributed by atoms with Gasteiger partial charge in [-0.25, -0.2) is 4.68 Å². The number of hydrogen-bond acceptors (Lipinski definition) is 3. The summed E-state index contributed by atoms with van der Waals surface area (Å²) >= 11 is 6.04. The van der Waals surface area contributed by atoms with Gasteiger partial charge in [-0.15, -0.1) is 0 Å². The number of benzene rings is 2. The Morgan fingerprint density at radius 1 is 1.07 bits per heavy atom. The molecule has 144 valence electrons. The molecule has 0 atom stereocenters. The summed E-state index contributed by atoms with van der Waals surface area (Å²) in [6, 6.07) is 14.1. The second kappa shape index (κ2) is 8.27. The first kappa shape index (κ1) is 19.6. The predicted octanol–water partition coefficient (Wildman–Crippen LogP) is 4.22. The summed E-state index contributed by atoms with van der Waals surface area (Å²) in [7, 11) is 0. The van der Waals surface area contributed by atoms with E-state index in [1.165, 1.54) is 6.20 Å². The fourth-order valence-electron chi connectivity index (χ4n) is 2.75. The molecule has 0 fully saturated rings. The van der Waals surface area contributed by atoms with Crippen molar-refractivity contribution in [3.05, 3.63) is 76.6 Å². The summed E-state index contributed by atoms with van der Waals surface area (Å²) in [5.41, 5.74) is 3.08. The Morgan fingerprint density at radius 2 is 1.79 bits per heavy atom. The van der Waals surface area contributed by atoms with Crippen LogP contribution in [0.15, 0.2) is 54.7 Å². The number of nitrogens with one attached hydrogen (secondary N) is 2. The van der Waals surface area contributed by atoms with Crippen LogP contribution in [0.3, 0.4) is 0 Å². The largest absolute Gasteiger partial charge is 0.350 e. The van der Waals surface area contributed by atoms with Crippen molar-refractivity contribution >= 4 is 29.1 Å². The summed E-state index contributed by atoms with van der Waals surface area (Å²) in [5.74, 6) is -0.420. The Labute approximate surface area is 168 Å². The van der Waals surface area contributed by atoms with E-state index in [4.69, 9.17) is 11.6 Å². The minimum absolute atomic E-state index is 0.0610. The second-order valence-electron chi connectivity index (χ2n) is 6.69. The molecule has 2 amide bonds. The van der Waals surface area contributed by atoms with Gasteiger partial charge in [0.1, 0.15) is 0 Å². The topological polar surface area (TPSA) is 76.0 Å². The zero-order chi connectivity index (χ0) is 20.3. The third-order valence-electron chi connectivity index (χ3n) is 4.13. The Hall–Kier alpha value is -3.12. The average Bonchev–Trinajstić information content (AvgIpc) is 3.03. The smallest absolute Gasteiger partial charge is 0.259 e. The first-order valence-electron chi connectivity index (χ1n) is 8.88. The van der Waals surface area contributed by atoms with Gasteiger partial charge < -0.3 is 10.6 Å². The molecule has 0 saturated carbocycles. The summed E-state index contributed by atoms with van der Waals surface area (Å²) in [5, 5.41) is 10.6. The van der Waals surface area contributed by atoms with E-state index in [-0.39, 0.29) is 17.9 Å². The molecular formula is C21H21ClN4O2. The molecular weight excluding hydrogens is 376 g/mol. The molecule has 3 rings (SSSR count). The fraction of sp³-hybridized carbons (Fsp3) is 0.190. The van der Waals surface area contributed by atoms with E-state index >= 15 is 0 Å².